The first-order valence-corrected chi connectivity index (χ1v) is 13.5. The van der Waals surface area contributed by atoms with Crippen LogP contribution in [0.2, 0.25) is 0 Å². The van der Waals surface area contributed by atoms with E-state index in [4.69, 9.17) is 0 Å². The summed E-state index contributed by atoms with van der Waals surface area (Å²) >= 11 is 3.20. The lowest BCUT2D eigenvalue weighted by atomic mass is 10.1. The van der Waals surface area contributed by atoms with Gasteiger partial charge in [-0.05, 0) is 47.9 Å². The fraction of sp³-hybridized carbons (Fsp3) is 0.0952. The highest BCUT2D eigenvalue weighted by Crippen LogP contribution is 2.24. The maximum atomic E-state index is 14.1. The zero-order valence-electron chi connectivity index (χ0n) is 17.5. The van der Waals surface area contributed by atoms with E-state index in [2.05, 4.69) is 38.2 Å². The second-order valence-corrected chi connectivity index (χ2v) is 10.8. The van der Waals surface area contributed by atoms with Crippen molar-refractivity contribution in [1.29, 1.82) is 0 Å². The third-order valence-corrected chi connectivity index (χ3v) is 9.02. The normalized spacial score (nSPS) is 11.4. The Bertz CT molecular complexity index is 1550. The lowest BCUT2D eigenvalue weighted by Gasteiger charge is -2.10. The zero-order chi connectivity index (χ0) is 24.5. The maximum absolute atomic E-state index is 14.1. The molecule has 0 spiro atoms. The molecule has 1 aromatic carbocycles. The molecule has 3 heterocycles. The number of nitrogens with zero attached hydrogens (tertiary/aromatic N) is 2. The van der Waals surface area contributed by atoms with Gasteiger partial charge in [-0.2, -0.15) is 0 Å². The number of carbonyl (C=O) groups excluding carboxylic acids is 1. The Morgan fingerprint density at radius 2 is 2.00 bits per heavy atom. The number of hydrogen-bond acceptors (Lipinski definition) is 7. The Kier molecular flexibility index (Phi) is 6.86. The van der Waals surface area contributed by atoms with E-state index in [1.807, 2.05) is 4.72 Å². The number of hydrogen-bond donors (Lipinski definition) is 3. The fourth-order valence-electron chi connectivity index (χ4n) is 3.14. The first-order chi connectivity index (χ1) is 16.2. The number of thiophene rings is 1. The number of rotatable bonds is 6. The molecule has 0 bridgehead atoms. The Morgan fingerprint density at radius 3 is 2.65 bits per heavy atom. The van der Waals surface area contributed by atoms with Crippen LogP contribution in [0, 0.1) is 5.82 Å². The third-order valence-electron chi connectivity index (χ3n) is 4.77. The molecule has 9 nitrogen and oxygen atoms in total. The number of urea groups is 1. The van der Waals surface area contributed by atoms with Crippen LogP contribution in [0.3, 0.4) is 0 Å². The maximum Gasteiger partial charge on any atom is 0.333 e. The summed E-state index contributed by atoms with van der Waals surface area (Å²) in [5, 5.41) is 5.88. The number of carbonyl (C=O) groups is 1. The highest BCUT2D eigenvalue weighted by atomic mass is 127. The van der Waals surface area contributed by atoms with Crippen LogP contribution in [-0.4, -0.2) is 31.0 Å². The fourth-order valence-corrected chi connectivity index (χ4v) is 5.98. The molecule has 0 unspecified atom stereocenters. The van der Waals surface area contributed by atoms with Crippen molar-refractivity contribution in [2.45, 2.75) is 8.64 Å². The van der Waals surface area contributed by atoms with Crippen LogP contribution in [-0.2, 0) is 14.5 Å². The van der Waals surface area contributed by atoms with Gasteiger partial charge in [-0.3, -0.25) is 9.36 Å². The lowest BCUT2D eigenvalue weighted by Crippen LogP contribution is -2.34. The summed E-state index contributed by atoms with van der Waals surface area (Å²) in [7, 11) is -2.41. The average Bonchev–Trinajstić information content (AvgIpc) is 3.30. The van der Waals surface area contributed by atoms with Crippen molar-refractivity contribution in [3.63, 3.8) is 0 Å². The summed E-state index contributed by atoms with van der Waals surface area (Å²) < 4.78 is 42.8. The van der Waals surface area contributed by atoms with Crippen LogP contribution in [0.25, 0.3) is 16.6 Å². The Balaban J connectivity index is 1.52. The van der Waals surface area contributed by atoms with Crippen molar-refractivity contribution in [2.75, 3.05) is 17.7 Å². The summed E-state index contributed by atoms with van der Waals surface area (Å²) in [6.07, 6.45) is 2.80. The van der Waals surface area contributed by atoms with Gasteiger partial charge in [0.15, 0.2) is 0 Å². The minimum absolute atomic E-state index is 0.0387. The molecule has 2 amide bonds. The number of pyridine rings is 2. The molecule has 4 rings (SSSR count). The second kappa shape index (κ2) is 9.68. The molecule has 0 saturated heterocycles. The molecule has 34 heavy (non-hydrogen) atoms. The van der Waals surface area contributed by atoms with E-state index in [9.17, 15) is 22.4 Å². The third kappa shape index (κ3) is 4.90. The van der Waals surface area contributed by atoms with Crippen LogP contribution in [0.4, 0.5) is 20.6 Å². The number of sulfonamides is 1. The monoisotopic (exact) mass is 613 g/mol. The van der Waals surface area contributed by atoms with E-state index in [1.165, 1.54) is 35.2 Å². The van der Waals surface area contributed by atoms with Crippen LogP contribution >= 0.6 is 33.9 Å². The summed E-state index contributed by atoms with van der Waals surface area (Å²) in [5.41, 5.74) is 0.0371. The van der Waals surface area contributed by atoms with E-state index in [0.29, 0.717) is 9.81 Å². The molecule has 0 saturated carbocycles. The molecule has 4 aromatic rings. The van der Waals surface area contributed by atoms with Gasteiger partial charge in [-0.15, -0.1) is 11.3 Å². The van der Waals surface area contributed by atoms with Gasteiger partial charge in [0.25, 0.3) is 15.6 Å². The largest absolute Gasteiger partial charge is 0.386 e. The van der Waals surface area contributed by atoms with Crippen molar-refractivity contribution in [1.82, 2.24) is 14.3 Å². The molecule has 0 aliphatic rings. The molecule has 0 aliphatic heterocycles. The summed E-state index contributed by atoms with van der Waals surface area (Å²) in [4.78, 5) is 30.1. The molecule has 3 aromatic heterocycles. The molecule has 0 fully saturated rings. The molecule has 3 N–H and O–H groups in total. The van der Waals surface area contributed by atoms with Crippen LogP contribution in [0.5, 0.6) is 0 Å². The van der Waals surface area contributed by atoms with Crippen molar-refractivity contribution >= 4 is 72.1 Å². The molecule has 176 valence electrons. The summed E-state index contributed by atoms with van der Waals surface area (Å²) in [5.74, 6) is -0.306. The molecule has 0 radical (unpaired) electrons. The predicted octanol–water partition coefficient (Wildman–Crippen LogP) is 4.07. The number of benzene rings is 1. The van der Waals surface area contributed by atoms with Gasteiger partial charge in [-0.1, -0.05) is 22.6 Å². The summed E-state index contributed by atoms with van der Waals surface area (Å²) in [6.45, 7) is 0. The number of anilines is 2. The van der Waals surface area contributed by atoms with E-state index < -0.39 is 27.4 Å². The minimum Gasteiger partial charge on any atom is -0.386 e. The van der Waals surface area contributed by atoms with Crippen LogP contribution in [0.15, 0.2) is 63.9 Å². The molecular weight excluding hydrogens is 596 g/mol. The van der Waals surface area contributed by atoms with Crippen molar-refractivity contribution < 1.29 is 17.6 Å². The van der Waals surface area contributed by atoms with Gasteiger partial charge in [-0.25, -0.2) is 27.3 Å². The number of fused-ring (bicyclic) bond motifs is 1. The Labute approximate surface area is 211 Å². The molecule has 0 atom stereocenters. The van der Waals surface area contributed by atoms with Crippen molar-refractivity contribution in [2.24, 2.45) is 0 Å². The van der Waals surface area contributed by atoms with E-state index in [1.54, 1.807) is 25.2 Å². The van der Waals surface area contributed by atoms with Gasteiger partial charge in [0.05, 0.1) is 23.0 Å². The first-order valence-electron chi connectivity index (χ1n) is 9.69. The van der Waals surface area contributed by atoms with Crippen LogP contribution < -0.4 is 20.9 Å². The lowest BCUT2D eigenvalue weighted by molar-refractivity contribution is 0.256. The SMILES string of the molecule is CNc1cc2ccn(-c3ccc(NC(=O)NS(=O)(=O)c4ccc(CI)s4)cn3)c(=O)c2cc1F. The highest BCUT2D eigenvalue weighted by Gasteiger charge is 2.20. The number of halogens is 2. The molecular formula is C21H17FIN5O4S2. The predicted molar refractivity (Wildman–Crippen MR) is 138 cm³/mol. The Hall–Kier alpha value is -3.04. The summed E-state index contributed by atoms with van der Waals surface area (Å²) in [6, 6.07) is 9.50. The average molecular weight is 613 g/mol. The second-order valence-electron chi connectivity index (χ2n) is 6.98. The first kappa shape index (κ1) is 24.1. The molecule has 0 aliphatic carbocycles. The topological polar surface area (TPSA) is 122 Å². The van der Waals surface area contributed by atoms with Crippen molar-refractivity contribution in [3.8, 4) is 5.82 Å². The highest BCUT2D eigenvalue weighted by molar-refractivity contribution is 14.1. The number of alkyl halides is 1. The zero-order valence-corrected chi connectivity index (χ0v) is 21.3. The van der Waals surface area contributed by atoms with E-state index in [-0.39, 0.29) is 26.8 Å². The quantitative estimate of drug-likeness (QED) is 0.223. The van der Waals surface area contributed by atoms with Crippen LogP contribution in [0.1, 0.15) is 4.88 Å². The molecule has 13 heteroatoms. The van der Waals surface area contributed by atoms with E-state index >= 15 is 0 Å². The van der Waals surface area contributed by atoms with Crippen molar-refractivity contribution in [3.05, 3.63) is 75.9 Å². The van der Waals surface area contributed by atoms with Gasteiger partial charge in [0.2, 0.25) is 0 Å². The number of amides is 2. The van der Waals surface area contributed by atoms with Gasteiger partial charge in [0, 0.05) is 22.5 Å². The number of nitrogens with one attached hydrogen (secondary N) is 3. The smallest absolute Gasteiger partial charge is 0.333 e. The Morgan fingerprint density at radius 1 is 1.21 bits per heavy atom. The van der Waals surface area contributed by atoms with Gasteiger partial charge >= 0.3 is 6.03 Å². The van der Waals surface area contributed by atoms with Gasteiger partial charge < -0.3 is 10.6 Å². The number of aromatic nitrogens is 2. The van der Waals surface area contributed by atoms with Gasteiger partial charge in [0.1, 0.15) is 15.8 Å². The van der Waals surface area contributed by atoms with E-state index in [0.717, 1.165) is 22.3 Å². The standard InChI is InChI=1S/C21H17FIN5O4S2/c1-24-17-8-12-6-7-28(20(29)15(12)9-16(17)22)18-4-2-13(11-25-18)26-21(30)27-34(31,32)19-5-3-14(10-23)33-19/h2-9,11,24H,10H2,1H3,(H2,26,27,30). The minimum atomic E-state index is -4.00.